The van der Waals surface area contributed by atoms with Crippen molar-refractivity contribution in [3.63, 3.8) is 0 Å². The molecule has 0 aromatic rings. The molecule has 0 fully saturated rings. The van der Waals surface area contributed by atoms with E-state index in [-0.39, 0.29) is 0 Å². The quantitative estimate of drug-likeness (QED) is 0.175. The number of hydrogen-bond donors (Lipinski definition) is 0. The molecular weight excluding hydrogens is 288 g/mol. The van der Waals surface area contributed by atoms with Crippen LogP contribution in [-0.4, -0.2) is 25.3 Å². The molecule has 0 aromatic heterocycles. The minimum Gasteiger partial charge on any atom is -0.344 e. The van der Waals surface area contributed by atoms with Crippen molar-refractivity contribution in [1.29, 1.82) is 0 Å². The van der Waals surface area contributed by atoms with Crippen LogP contribution in [0.1, 0.15) is 104 Å². The summed E-state index contributed by atoms with van der Waals surface area (Å²) in [4.78, 5) is 11.3. The van der Waals surface area contributed by atoms with Crippen molar-refractivity contribution in [2.45, 2.75) is 110 Å². The minimum atomic E-state index is -0.998. The van der Waals surface area contributed by atoms with Gasteiger partial charge in [0.1, 0.15) is 0 Å². The second-order valence-corrected chi connectivity index (χ2v) is 6.43. The van der Waals surface area contributed by atoms with Crippen LogP contribution in [0.5, 0.6) is 0 Å². The van der Waals surface area contributed by atoms with E-state index in [4.69, 9.17) is 9.47 Å². The molecule has 0 aliphatic carbocycles. The van der Waals surface area contributed by atoms with Gasteiger partial charge in [0.25, 0.3) is 0 Å². The largest absolute Gasteiger partial charge is 0.344 e. The third kappa shape index (κ3) is 12.7. The summed E-state index contributed by atoms with van der Waals surface area (Å²) < 4.78 is 11.1. The van der Waals surface area contributed by atoms with Crippen LogP contribution in [0.3, 0.4) is 0 Å². The van der Waals surface area contributed by atoms with Crippen molar-refractivity contribution in [3.05, 3.63) is 0 Å². The molecule has 3 heteroatoms. The summed E-state index contributed by atoms with van der Waals surface area (Å²) in [5.74, 6) is -0.998. The zero-order valence-corrected chi connectivity index (χ0v) is 15.9. The lowest BCUT2D eigenvalue weighted by atomic mass is 10.0. The predicted octanol–water partition coefficient (Wildman–Crippen LogP) is 6.05. The predicted molar refractivity (Wildman–Crippen MR) is 97.7 cm³/mol. The summed E-state index contributed by atoms with van der Waals surface area (Å²) in [6.07, 6.45) is 17.3. The molecule has 0 aliphatic rings. The lowest BCUT2D eigenvalue weighted by Crippen LogP contribution is -2.38. The van der Waals surface area contributed by atoms with Gasteiger partial charge >= 0.3 is 0 Å². The molecule has 0 N–H and O–H groups in total. The number of rotatable bonds is 18. The molecule has 0 amide bonds. The van der Waals surface area contributed by atoms with Gasteiger partial charge in [0, 0.05) is 19.6 Å². The number of carbonyl (C=O) groups excluding carboxylic acids is 1. The van der Waals surface area contributed by atoms with E-state index in [1.807, 2.05) is 13.8 Å². The van der Waals surface area contributed by atoms with Crippen LogP contribution in [0, 0.1) is 0 Å². The summed E-state index contributed by atoms with van der Waals surface area (Å²) >= 11 is 0. The van der Waals surface area contributed by atoms with Crippen LogP contribution < -0.4 is 0 Å². The Morgan fingerprint density at radius 3 is 1.39 bits per heavy atom. The van der Waals surface area contributed by atoms with Crippen LogP contribution in [0.15, 0.2) is 0 Å². The van der Waals surface area contributed by atoms with Gasteiger partial charge in [-0.05, 0) is 20.3 Å². The first kappa shape index (κ1) is 22.6. The van der Waals surface area contributed by atoms with Gasteiger partial charge in [-0.2, -0.15) is 0 Å². The zero-order chi connectivity index (χ0) is 17.2. The van der Waals surface area contributed by atoms with E-state index in [1.54, 1.807) is 0 Å². The van der Waals surface area contributed by atoms with Crippen LogP contribution in [0.25, 0.3) is 0 Å². The Bertz CT molecular complexity index is 247. The van der Waals surface area contributed by atoms with E-state index in [0.717, 1.165) is 19.1 Å². The van der Waals surface area contributed by atoms with Gasteiger partial charge in [-0.3, -0.25) is 4.79 Å². The molecular formula is C20H40O3. The average Bonchev–Trinajstić information content (AvgIpc) is 2.56. The number of unbranched alkanes of at least 4 members (excludes halogenated alkanes) is 11. The highest BCUT2D eigenvalue weighted by Gasteiger charge is 2.30. The average molecular weight is 329 g/mol. The maximum absolute atomic E-state index is 11.3. The topological polar surface area (TPSA) is 35.5 Å². The first-order valence-electron chi connectivity index (χ1n) is 9.98. The molecule has 0 spiro atoms. The standard InChI is InChI=1S/C20H40O3/c1-4-7-8-9-10-11-12-13-14-15-16-17-18-20(19-21,22-5-2)23-6-3/h19H,4-18H2,1-3H3. The Morgan fingerprint density at radius 2 is 1.04 bits per heavy atom. The highest BCUT2D eigenvalue weighted by molar-refractivity contribution is 5.60. The first-order valence-corrected chi connectivity index (χ1v) is 9.98. The van der Waals surface area contributed by atoms with E-state index >= 15 is 0 Å². The molecule has 138 valence electrons. The van der Waals surface area contributed by atoms with Crippen molar-refractivity contribution in [2.75, 3.05) is 13.2 Å². The van der Waals surface area contributed by atoms with E-state index in [2.05, 4.69) is 6.92 Å². The molecule has 3 nitrogen and oxygen atoms in total. The molecule has 0 saturated heterocycles. The summed E-state index contributed by atoms with van der Waals surface area (Å²) in [6.45, 7) is 7.09. The number of ether oxygens (including phenoxy) is 2. The number of carbonyl (C=O) groups is 1. The molecule has 0 rings (SSSR count). The van der Waals surface area contributed by atoms with Crippen molar-refractivity contribution >= 4 is 6.29 Å². The van der Waals surface area contributed by atoms with Gasteiger partial charge in [0.15, 0.2) is 6.29 Å². The van der Waals surface area contributed by atoms with Crippen molar-refractivity contribution < 1.29 is 14.3 Å². The lowest BCUT2D eigenvalue weighted by molar-refractivity contribution is -0.219. The maximum Gasteiger partial charge on any atom is 0.225 e. The van der Waals surface area contributed by atoms with Crippen molar-refractivity contribution in [3.8, 4) is 0 Å². The summed E-state index contributed by atoms with van der Waals surface area (Å²) in [5, 5.41) is 0. The Labute approximate surface area is 144 Å². The molecule has 23 heavy (non-hydrogen) atoms. The Kier molecular flexibility index (Phi) is 16.2. The van der Waals surface area contributed by atoms with Gasteiger partial charge in [-0.15, -0.1) is 0 Å². The Hall–Kier alpha value is -0.410. The summed E-state index contributed by atoms with van der Waals surface area (Å²) in [5.41, 5.74) is 0. The van der Waals surface area contributed by atoms with E-state index in [1.165, 1.54) is 64.2 Å². The fourth-order valence-corrected chi connectivity index (χ4v) is 3.01. The Balaban J connectivity index is 3.51. The summed E-state index contributed by atoms with van der Waals surface area (Å²) in [7, 11) is 0. The van der Waals surface area contributed by atoms with Gasteiger partial charge in [-0.25, -0.2) is 0 Å². The molecule has 0 saturated carbocycles. The van der Waals surface area contributed by atoms with E-state index in [9.17, 15) is 4.79 Å². The highest BCUT2D eigenvalue weighted by Crippen LogP contribution is 2.20. The van der Waals surface area contributed by atoms with Gasteiger partial charge in [0.05, 0.1) is 0 Å². The Morgan fingerprint density at radius 1 is 0.652 bits per heavy atom. The molecule has 0 aromatic carbocycles. The highest BCUT2D eigenvalue weighted by atomic mass is 16.7. The van der Waals surface area contributed by atoms with Crippen LogP contribution in [-0.2, 0) is 14.3 Å². The SMILES string of the molecule is CCCCCCCCCCCCCCC(C=O)(OCC)OCC. The molecule has 0 radical (unpaired) electrons. The molecule has 0 unspecified atom stereocenters. The number of hydrogen-bond acceptors (Lipinski definition) is 3. The third-order valence-electron chi connectivity index (χ3n) is 4.34. The maximum atomic E-state index is 11.3. The molecule has 0 aliphatic heterocycles. The second kappa shape index (κ2) is 16.4. The fourth-order valence-electron chi connectivity index (χ4n) is 3.01. The third-order valence-corrected chi connectivity index (χ3v) is 4.34. The monoisotopic (exact) mass is 328 g/mol. The zero-order valence-electron chi connectivity index (χ0n) is 15.9. The second-order valence-electron chi connectivity index (χ2n) is 6.43. The lowest BCUT2D eigenvalue weighted by Gasteiger charge is -2.27. The van der Waals surface area contributed by atoms with Crippen LogP contribution >= 0.6 is 0 Å². The normalized spacial score (nSPS) is 11.8. The number of aldehydes is 1. The summed E-state index contributed by atoms with van der Waals surface area (Å²) in [6, 6.07) is 0. The molecule has 0 bridgehead atoms. The first-order chi connectivity index (χ1) is 11.2. The minimum absolute atomic E-state index is 0.511. The van der Waals surface area contributed by atoms with E-state index in [0.29, 0.717) is 19.6 Å². The van der Waals surface area contributed by atoms with Gasteiger partial charge in [0.2, 0.25) is 5.79 Å². The van der Waals surface area contributed by atoms with Crippen molar-refractivity contribution in [1.82, 2.24) is 0 Å². The molecule has 0 atom stereocenters. The van der Waals surface area contributed by atoms with E-state index < -0.39 is 5.79 Å². The molecule has 0 heterocycles. The van der Waals surface area contributed by atoms with Gasteiger partial charge in [-0.1, -0.05) is 77.6 Å². The van der Waals surface area contributed by atoms with Crippen LogP contribution in [0.2, 0.25) is 0 Å². The van der Waals surface area contributed by atoms with Crippen LogP contribution in [0.4, 0.5) is 0 Å². The fraction of sp³-hybridized carbons (Fsp3) is 0.950. The van der Waals surface area contributed by atoms with Gasteiger partial charge < -0.3 is 9.47 Å². The van der Waals surface area contributed by atoms with Crippen molar-refractivity contribution in [2.24, 2.45) is 0 Å². The smallest absolute Gasteiger partial charge is 0.225 e.